The first-order valence-electron chi connectivity index (χ1n) is 11.2. The fourth-order valence-electron chi connectivity index (χ4n) is 4.35. The monoisotopic (exact) mass is 421 g/mol. The third-order valence-corrected chi connectivity index (χ3v) is 6.12. The Morgan fingerprint density at radius 3 is 2.45 bits per heavy atom. The van der Waals surface area contributed by atoms with Crippen LogP contribution < -0.4 is 15.5 Å². The fourth-order valence-corrected chi connectivity index (χ4v) is 4.35. The van der Waals surface area contributed by atoms with Crippen LogP contribution in [0.4, 0.5) is 16.2 Å². The second-order valence-electron chi connectivity index (χ2n) is 8.72. The van der Waals surface area contributed by atoms with E-state index in [0.717, 1.165) is 55.0 Å². The molecule has 3 aromatic rings. The molecule has 5 nitrogen and oxygen atoms in total. The van der Waals surface area contributed by atoms with Crippen molar-refractivity contribution in [3.63, 3.8) is 0 Å². The number of fused-ring (bicyclic) bond motifs is 1. The minimum atomic E-state index is -0.172. The van der Waals surface area contributed by atoms with Crippen LogP contribution in [0.15, 0.2) is 48.5 Å². The summed E-state index contributed by atoms with van der Waals surface area (Å²) >= 11 is 0. The highest BCUT2D eigenvalue weighted by atomic mass is 19.1. The lowest BCUT2D eigenvalue weighted by Gasteiger charge is -2.29. The molecule has 6 heteroatoms. The molecule has 0 atom stereocenters. The molecule has 0 amide bonds. The molecule has 31 heavy (non-hydrogen) atoms. The molecule has 0 saturated heterocycles. The summed E-state index contributed by atoms with van der Waals surface area (Å²) in [6.07, 6.45) is 5.62. The van der Waals surface area contributed by atoms with Gasteiger partial charge in [-0.1, -0.05) is 24.3 Å². The molecule has 4 rings (SSSR count). The van der Waals surface area contributed by atoms with Crippen LogP contribution in [0.25, 0.3) is 10.9 Å². The number of halogens is 1. The van der Waals surface area contributed by atoms with Crippen molar-refractivity contribution in [3.05, 3.63) is 59.9 Å². The quantitative estimate of drug-likeness (QED) is 0.519. The van der Waals surface area contributed by atoms with Gasteiger partial charge in [0.2, 0.25) is 5.95 Å². The van der Waals surface area contributed by atoms with E-state index in [2.05, 4.69) is 16.7 Å². The molecule has 1 fully saturated rings. The molecule has 0 aliphatic heterocycles. The molecule has 1 heterocycles. The highest BCUT2D eigenvalue weighted by Crippen LogP contribution is 2.28. The SMILES string of the molecule is CN(C)c1nc(N[C@H]2CC[C@@H](CNCCc3ccc(F)cc3)CC2)nc2ccccc12. The average molecular weight is 422 g/mol. The highest BCUT2D eigenvalue weighted by molar-refractivity contribution is 5.90. The maximum Gasteiger partial charge on any atom is 0.225 e. The van der Waals surface area contributed by atoms with Gasteiger partial charge in [0.25, 0.3) is 0 Å². The largest absolute Gasteiger partial charge is 0.362 e. The second-order valence-corrected chi connectivity index (χ2v) is 8.72. The summed E-state index contributed by atoms with van der Waals surface area (Å²) in [5.74, 6) is 2.21. The molecule has 1 aliphatic carbocycles. The molecule has 0 radical (unpaired) electrons. The normalized spacial score (nSPS) is 18.8. The first-order chi connectivity index (χ1) is 15.1. The fraction of sp³-hybridized carbons (Fsp3) is 0.440. The first kappa shape index (κ1) is 21.5. The lowest BCUT2D eigenvalue weighted by atomic mass is 9.86. The van der Waals surface area contributed by atoms with Gasteiger partial charge in [0.15, 0.2) is 0 Å². The summed E-state index contributed by atoms with van der Waals surface area (Å²) < 4.78 is 13.0. The third-order valence-electron chi connectivity index (χ3n) is 6.12. The van der Waals surface area contributed by atoms with E-state index in [-0.39, 0.29) is 5.82 Å². The summed E-state index contributed by atoms with van der Waals surface area (Å²) in [6, 6.07) is 15.4. The van der Waals surface area contributed by atoms with Gasteiger partial charge in [-0.25, -0.2) is 9.37 Å². The van der Waals surface area contributed by atoms with E-state index in [9.17, 15) is 4.39 Å². The van der Waals surface area contributed by atoms with Gasteiger partial charge in [-0.3, -0.25) is 0 Å². The van der Waals surface area contributed by atoms with Crippen LogP contribution >= 0.6 is 0 Å². The van der Waals surface area contributed by atoms with Crippen molar-refractivity contribution in [2.45, 2.75) is 38.1 Å². The van der Waals surface area contributed by atoms with Crippen molar-refractivity contribution in [1.82, 2.24) is 15.3 Å². The number of nitrogens with one attached hydrogen (secondary N) is 2. The van der Waals surface area contributed by atoms with Crippen LogP contribution in [0.1, 0.15) is 31.2 Å². The van der Waals surface area contributed by atoms with Gasteiger partial charge < -0.3 is 15.5 Å². The smallest absolute Gasteiger partial charge is 0.225 e. The van der Waals surface area contributed by atoms with Crippen molar-refractivity contribution in [3.8, 4) is 0 Å². The highest BCUT2D eigenvalue weighted by Gasteiger charge is 2.22. The average Bonchev–Trinajstić information content (AvgIpc) is 2.78. The van der Waals surface area contributed by atoms with Crippen LogP contribution in [-0.2, 0) is 6.42 Å². The Morgan fingerprint density at radius 2 is 1.71 bits per heavy atom. The molecule has 0 spiro atoms. The lowest BCUT2D eigenvalue weighted by Crippen LogP contribution is -2.32. The number of aromatic nitrogens is 2. The molecule has 1 saturated carbocycles. The number of nitrogens with zero attached hydrogens (tertiary/aromatic N) is 3. The number of rotatable bonds is 8. The molecule has 1 aliphatic rings. The maximum absolute atomic E-state index is 13.0. The van der Waals surface area contributed by atoms with E-state index in [0.29, 0.717) is 12.0 Å². The van der Waals surface area contributed by atoms with Crippen LogP contribution in [0.2, 0.25) is 0 Å². The zero-order valence-electron chi connectivity index (χ0n) is 18.4. The molecule has 2 aromatic carbocycles. The van der Waals surface area contributed by atoms with Crippen LogP contribution in [0.5, 0.6) is 0 Å². The second kappa shape index (κ2) is 10.1. The Hall–Kier alpha value is -2.73. The zero-order chi connectivity index (χ0) is 21.6. The predicted octanol–water partition coefficient (Wildman–Crippen LogP) is 4.64. The number of anilines is 2. The Balaban J connectivity index is 1.24. The lowest BCUT2D eigenvalue weighted by molar-refractivity contribution is 0.325. The topological polar surface area (TPSA) is 53.1 Å². The molecule has 0 unspecified atom stereocenters. The summed E-state index contributed by atoms with van der Waals surface area (Å²) in [5.41, 5.74) is 2.15. The Morgan fingerprint density at radius 1 is 0.968 bits per heavy atom. The van der Waals surface area contributed by atoms with Crippen LogP contribution in [0, 0.1) is 11.7 Å². The number of hydrogen-bond acceptors (Lipinski definition) is 5. The Bertz CT molecular complexity index is 981. The van der Waals surface area contributed by atoms with Crippen molar-refractivity contribution in [2.75, 3.05) is 37.4 Å². The molecule has 2 N–H and O–H groups in total. The molecule has 1 aromatic heterocycles. The Labute approximate surface area is 184 Å². The summed E-state index contributed by atoms with van der Waals surface area (Å²) in [4.78, 5) is 11.6. The van der Waals surface area contributed by atoms with Crippen LogP contribution in [-0.4, -0.2) is 43.2 Å². The number of hydrogen-bond donors (Lipinski definition) is 2. The predicted molar refractivity (Wildman–Crippen MR) is 126 cm³/mol. The van der Waals surface area contributed by atoms with Gasteiger partial charge in [-0.15, -0.1) is 0 Å². The molecular weight excluding hydrogens is 389 g/mol. The Kier molecular flexibility index (Phi) is 6.97. The number of benzene rings is 2. The zero-order valence-corrected chi connectivity index (χ0v) is 18.4. The minimum absolute atomic E-state index is 0.172. The summed E-state index contributed by atoms with van der Waals surface area (Å²) in [7, 11) is 4.04. The van der Waals surface area contributed by atoms with Gasteiger partial charge in [0.05, 0.1) is 5.52 Å². The summed E-state index contributed by atoms with van der Waals surface area (Å²) in [5, 5.41) is 8.24. The van der Waals surface area contributed by atoms with E-state index in [1.807, 2.05) is 49.3 Å². The minimum Gasteiger partial charge on any atom is -0.362 e. The van der Waals surface area contributed by atoms with Gasteiger partial charge in [-0.2, -0.15) is 4.98 Å². The van der Waals surface area contributed by atoms with Gasteiger partial charge in [-0.05, 0) is 80.9 Å². The van der Waals surface area contributed by atoms with Crippen molar-refractivity contribution in [1.29, 1.82) is 0 Å². The summed E-state index contributed by atoms with van der Waals surface area (Å²) in [6.45, 7) is 1.98. The van der Waals surface area contributed by atoms with Crippen molar-refractivity contribution >= 4 is 22.7 Å². The molecule has 0 bridgehead atoms. The van der Waals surface area contributed by atoms with E-state index < -0.39 is 0 Å². The third kappa shape index (κ3) is 5.70. The molecule has 164 valence electrons. The number of para-hydroxylation sites is 1. The maximum atomic E-state index is 13.0. The van der Waals surface area contributed by atoms with E-state index in [1.54, 1.807) is 0 Å². The van der Waals surface area contributed by atoms with Gasteiger partial charge in [0.1, 0.15) is 11.6 Å². The van der Waals surface area contributed by atoms with Crippen molar-refractivity contribution in [2.24, 2.45) is 5.92 Å². The van der Waals surface area contributed by atoms with E-state index >= 15 is 0 Å². The van der Waals surface area contributed by atoms with Gasteiger partial charge in [0, 0.05) is 25.5 Å². The standard InChI is InChI=1S/C25H32FN5/c1-31(2)24-22-5-3-4-6-23(22)29-25(30-24)28-21-13-9-19(10-14-21)17-27-16-15-18-7-11-20(26)12-8-18/h3-8,11-12,19,21,27H,9-10,13-17H2,1-2H3,(H,28,29,30)/t19-,21+. The van der Waals surface area contributed by atoms with E-state index in [4.69, 9.17) is 9.97 Å². The first-order valence-corrected chi connectivity index (χ1v) is 11.2. The van der Waals surface area contributed by atoms with Gasteiger partial charge >= 0.3 is 0 Å². The van der Waals surface area contributed by atoms with Crippen LogP contribution in [0.3, 0.4) is 0 Å². The van der Waals surface area contributed by atoms with Crippen molar-refractivity contribution < 1.29 is 4.39 Å². The molecular formula is C25H32FN5. The van der Waals surface area contributed by atoms with E-state index in [1.165, 1.54) is 30.5 Å².